The molecule has 2 fully saturated rings. The Morgan fingerprint density at radius 1 is 1.08 bits per heavy atom. The molecule has 4 aliphatic rings. The number of aliphatic hydroxyl groups is 1. The molecular weight excluding hydrogens is 316 g/mol. The van der Waals surface area contributed by atoms with E-state index in [0.29, 0.717) is 17.9 Å². The quantitative estimate of drug-likeness (QED) is 0.667. The van der Waals surface area contributed by atoms with Crippen LogP contribution in [0.3, 0.4) is 0 Å². The normalized spacial score (nSPS) is 42.8. The van der Waals surface area contributed by atoms with Crippen molar-refractivity contribution in [1.29, 1.82) is 0 Å². The molecular formula is C21H28O4. The molecule has 0 aromatic carbocycles. The minimum atomic E-state index is -0.447. The molecule has 4 rings (SSSR count). The highest BCUT2D eigenvalue weighted by Crippen LogP contribution is 2.65. The summed E-state index contributed by atoms with van der Waals surface area (Å²) in [7, 11) is 0. The summed E-state index contributed by atoms with van der Waals surface area (Å²) in [5, 5.41) is 9.83. The molecule has 0 radical (unpaired) electrons. The fraction of sp³-hybridized carbons (Fsp3) is 0.714. The zero-order chi connectivity index (χ0) is 18.2. The number of allylic oxidation sites excluding steroid dienone is 2. The summed E-state index contributed by atoms with van der Waals surface area (Å²) in [4.78, 5) is 24.8. The molecule has 4 atom stereocenters. The Bertz CT molecular complexity index is 728. The van der Waals surface area contributed by atoms with Crippen LogP contribution in [0.15, 0.2) is 23.2 Å². The molecule has 0 bridgehead atoms. The highest BCUT2D eigenvalue weighted by Gasteiger charge is 2.61. The summed E-state index contributed by atoms with van der Waals surface area (Å²) in [5.74, 6) is -0.285. The average molecular weight is 344 g/mol. The van der Waals surface area contributed by atoms with E-state index in [9.17, 15) is 14.7 Å². The molecule has 1 heterocycles. The van der Waals surface area contributed by atoms with E-state index in [-0.39, 0.29) is 28.3 Å². The maximum atomic E-state index is 12.5. The van der Waals surface area contributed by atoms with E-state index in [1.165, 1.54) is 12.8 Å². The van der Waals surface area contributed by atoms with Gasteiger partial charge in [-0.2, -0.15) is 0 Å². The van der Waals surface area contributed by atoms with Gasteiger partial charge < -0.3 is 9.84 Å². The first-order chi connectivity index (χ1) is 11.6. The monoisotopic (exact) mass is 344 g/mol. The van der Waals surface area contributed by atoms with Crippen molar-refractivity contribution < 1.29 is 19.4 Å². The van der Waals surface area contributed by atoms with Crippen LogP contribution in [0.5, 0.6) is 0 Å². The van der Waals surface area contributed by atoms with Crippen LogP contribution < -0.4 is 0 Å². The van der Waals surface area contributed by atoms with Crippen LogP contribution >= 0.6 is 0 Å². The fourth-order valence-electron chi connectivity index (χ4n) is 6.57. The van der Waals surface area contributed by atoms with E-state index in [1.54, 1.807) is 0 Å². The van der Waals surface area contributed by atoms with Crippen molar-refractivity contribution in [2.24, 2.45) is 22.7 Å². The number of ether oxygens (including phenoxy) is 1. The lowest BCUT2D eigenvalue weighted by Gasteiger charge is -2.63. The number of hydrogen-bond acceptors (Lipinski definition) is 4. The first kappa shape index (κ1) is 16.9. The molecule has 0 aromatic heterocycles. The summed E-state index contributed by atoms with van der Waals surface area (Å²) in [5.41, 5.74) is 0.358. The van der Waals surface area contributed by atoms with Gasteiger partial charge in [0.05, 0.1) is 0 Å². The van der Waals surface area contributed by atoms with Gasteiger partial charge in [0, 0.05) is 17.6 Å². The lowest BCUT2D eigenvalue weighted by Crippen LogP contribution is -2.60. The van der Waals surface area contributed by atoms with Gasteiger partial charge in [0.2, 0.25) is 11.6 Å². The van der Waals surface area contributed by atoms with Crippen molar-refractivity contribution in [3.8, 4) is 0 Å². The van der Waals surface area contributed by atoms with Crippen LogP contribution in [0, 0.1) is 22.7 Å². The van der Waals surface area contributed by atoms with E-state index < -0.39 is 17.1 Å². The van der Waals surface area contributed by atoms with Gasteiger partial charge in [-0.3, -0.25) is 9.59 Å². The Morgan fingerprint density at radius 3 is 2.52 bits per heavy atom. The standard InChI is InChI=1S/C21H28O4/c1-19(2)7-5-8-20(3)15(19)6-9-21(4)16(20)10-12-17(24)13(22)11-14(23)18(12)25-21/h11,15-16,22H,5-10H2,1-4H3/t15?,16-,20+,21-/m1/s1. The van der Waals surface area contributed by atoms with Crippen LogP contribution in [0.4, 0.5) is 0 Å². The van der Waals surface area contributed by atoms with E-state index >= 15 is 0 Å². The summed E-state index contributed by atoms with van der Waals surface area (Å²) < 4.78 is 6.25. The molecule has 3 aliphatic carbocycles. The second-order valence-electron chi connectivity index (χ2n) is 9.64. The second-order valence-corrected chi connectivity index (χ2v) is 9.64. The predicted octanol–water partition coefficient (Wildman–Crippen LogP) is 4.26. The molecule has 25 heavy (non-hydrogen) atoms. The van der Waals surface area contributed by atoms with Gasteiger partial charge >= 0.3 is 0 Å². The highest BCUT2D eigenvalue weighted by atomic mass is 16.5. The Kier molecular flexibility index (Phi) is 3.36. The van der Waals surface area contributed by atoms with E-state index in [4.69, 9.17) is 4.74 Å². The largest absolute Gasteiger partial charge is 0.504 e. The highest BCUT2D eigenvalue weighted by molar-refractivity contribution is 6.21. The number of rotatable bonds is 0. The zero-order valence-corrected chi connectivity index (χ0v) is 15.6. The van der Waals surface area contributed by atoms with Gasteiger partial charge in [-0.25, -0.2) is 0 Å². The summed E-state index contributed by atoms with van der Waals surface area (Å²) >= 11 is 0. The Labute approximate surface area is 149 Å². The number of ketones is 2. The molecule has 0 saturated heterocycles. The van der Waals surface area contributed by atoms with Crippen LogP contribution in [0.2, 0.25) is 0 Å². The zero-order valence-electron chi connectivity index (χ0n) is 15.6. The molecule has 136 valence electrons. The van der Waals surface area contributed by atoms with Crippen molar-refractivity contribution in [2.45, 2.75) is 71.8 Å². The number of fused-ring (bicyclic) bond motifs is 3. The van der Waals surface area contributed by atoms with E-state index in [2.05, 4.69) is 27.7 Å². The minimum Gasteiger partial charge on any atom is -0.504 e. The molecule has 0 spiro atoms. The fourth-order valence-corrected chi connectivity index (χ4v) is 6.57. The molecule has 4 nitrogen and oxygen atoms in total. The predicted molar refractivity (Wildman–Crippen MR) is 93.8 cm³/mol. The third-order valence-corrected chi connectivity index (χ3v) is 7.75. The van der Waals surface area contributed by atoms with Gasteiger partial charge in [0.15, 0.2) is 11.5 Å². The maximum Gasteiger partial charge on any atom is 0.227 e. The lowest BCUT2D eigenvalue weighted by molar-refractivity contribution is -0.186. The first-order valence-electron chi connectivity index (χ1n) is 9.50. The van der Waals surface area contributed by atoms with Crippen LogP contribution in [-0.2, 0) is 14.3 Å². The van der Waals surface area contributed by atoms with Gasteiger partial charge in [0.25, 0.3) is 0 Å². The number of aliphatic hydroxyl groups excluding tert-OH is 1. The first-order valence-corrected chi connectivity index (χ1v) is 9.50. The average Bonchev–Trinajstić information content (AvgIpc) is 2.50. The third kappa shape index (κ3) is 2.18. The van der Waals surface area contributed by atoms with Gasteiger partial charge in [-0.15, -0.1) is 0 Å². The summed E-state index contributed by atoms with van der Waals surface area (Å²) in [6.45, 7) is 9.22. The SMILES string of the molecule is CC1(C)CCC[C@@]2(C)C1CC[C@@]1(C)OC3=C(C[C@@H]12)C(=O)C(O)=CC3=O. The van der Waals surface area contributed by atoms with E-state index in [0.717, 1.165) is 25.3 Å². The smallest absolute Gasteiger partial charge is 0.227 e. The Hall–Kier alpha value is -1.58. The van der Waals surface area contributed by atoms with Gasteiger partial charge in [-0.1, -0.05) is 27.2 Å². The summed E-state index contributed by atoms with van der Waals surface area (Å²) in [6, 6.07) is 0. The van der Waals surface area contributed by atoms with Crippen molar-refractivity contribution in [1.82, 2.24) is 0 Å². The topological polar surface area (TPSA) is 63.6 Å². The van der Waals surface area contributed by atoms with Crippen molar-refractivity contribution in [3.63, 3.8) is 0 Å². The van der Waals surface area contributed by atoms with E-state index in [1.807, 2.05) is 0 Å². The molecule has 4 heteroatoms. The third-order valence-electron chi connectivity index (χ3n) is 7.75. The van der Waals surface area contributed by atoms with Gasteiger partial charge in [0.1, 0.15) is 5.60 Å². The van der Waals surface area contributed by atoms with Crippen LogP contribution in [-0.4, -0.2) is 22.3 Å². The molecule has 1 unspecified atom stereocenters. The minimum absolute atomic E-state index is 0.0907. The Balaban J connectivity index is 1.78. The van der Waals surface area contributed by atoms with Crippen molar-refractivity contribution >= 4 is 11.6 Å². The number of carbonyl (C=O) groups is 2. The summed E-state index contributed by atoms with van der Waals surface area (Å²) in [6.07, 6.45) is 7.12. The molecule has 0 aromatic rings. The molecule has 0 amide bonds. The molecule has 2 saturated carbocycles. The van der Waals surface area contributed by atoms with Crippen molar-refractivity contribution in [3.05, 3.63) is 23.2 Å². The molecule has 1 N–H and O–H groups in total. The lowest BCUT2D eigenvalue weighted by atomic mass is 9.44. The number of hydrogen-bond donors (Lipinski definition) is 1. The van der Waals surface area contributed by atoms with Gasteiger partial charge in [-0.05, 0) is 55.8 Å². The van der Waals surface area contributed by atoms with Crippen LogP contribution in [0.25, 0.3) is 0 Å². The number of carbonyl (C=O) groups excluding carboxylic acids is 2. The number of Topliss-reactive ketones (excluding diaryl/α,β-unsaturated/α-hetero) is 1. The maximum absolute atomic E-state index is 12.5. The Morgan fingerprint density at radius 2 is 1.80 bits per heavy atom. The molecule has 1 aliphatic heterocycles. The van der Waals surface area contributed by atoms with Crippen molar-refractivity contribution in [2.75, 3.05) is 0 Å². The van der Waals surface area contributed by atoms with Crippen LogP contribution in [0.1, 0.15) is 66.2 Å². The second kappa shape index (κ2) is 4.99.